The standard InChI is InChI=1S/Cs.H2O4S.4H2O.Y.H/c;1-5(2,3)4;;;;;;/h;(H2,1,2,3,4);4*1H2;;. The van der Waals surface area contributed by atoms with Gasteiger partial charge in [-0.3, -0.25) is 9.11 Å². The Labute approximate surface area is 148 Å². The second kappa shape index (κ2) is 23.0. The summed E-state index contributed by atoms with van der Waals surface area (Å²) in [5.41, 5.74) is 0. The molecule has 0 aliphatic rings. The van der Waals surface area contributed by atoms with Crippen molar-refractivity contribution in [3.05, 3.63) is 0 Å². The van der Waals surface area contributed by atoms with Crippen molar-refractivity contribution in [1.29, 1.82) is 0 Å². The Kier molecular flexibility index (Phi) is 102. The minimum Gasteiger partial charge on any atom is 0 e. The Balaban J connectivity index is -0.00000000533. The third kappa shape index (κ3) is 185. The van der Waals surface area contributed by atoms with E-state index in [2.05, 4.69) is 0 Å². The van der Waals surface area contributed by atoms with Gasteiger partial charge in [-0.2, -0.15) is 8.42 Å². The van der Waals surface area contributed by atoms with Gasteiger partial charge in [-0.1, -0.05) is 0 Å². The van der Waals surface area contributed by atoms with E-state index >= 15 is 0 Å². The van der Waals surface area contributed by atoms with Crippen LogP contribution in [0.1, 0.15) is 0 Å². The summed E-state index contributed by atoms with van der Waals surface area (Å²) >= 11 is 0. The summed E-state index contributed by atoms with van der Waals surface area (Å²) in [7, 11) is -4.67. The van der Waals surface area contributed by atoms with Crippen LogP contribution in [0.3, 0.4) is 0 Å². The number of hydrogen-bond acceptors (Lipinski definition) is 2. The van der Waals surface area contributed by atoms with Crippen molar-refractivity contribution in [2.24, 2.45) is 0 Å². The minimum absolute atomic E-state index is 0. The summed E-state index contributed by atoms with van der Waals surface area (Å²) in [5.74, 6) is 0. The van der Waals surface area contributed by atoms with Gasteiger partial charge in [-0.15, -0.1) is 0 Å². The summed E-state index contributed by atoms with van der Waals surface area (Å²) in [5, 5.41) is 0. The van der Waals surface area contributed by atoms with E-state index in [0.29, 0.717) is 0 Å². The molecule has 0 aromatic carbocycles. The average molecular weight is 393 g/mol. The third-order valence-corrected chi connectivity index (χ3v) is 0. The van der Waals surface area contributed by atoms with E-state index in [1.165, 1.54) is 0 Å². The van der Waals surface area contributed by atoms with Crippen molar-refractivity contribution in [3.8, 4) is 0 Å². The molecule has 0 spiro atoms. The van der Waals surface area contributed by atoms with Crippen molar-refractivity contribution >= 4 is 79.3 Å². The summed E-state index contributed by atoms with van der Waals surface area (Å²) in [6, 6.07) is 0. The van der Waals surface area contributed by atoms with Gasteiger partial charge in [-0.25, -0.2) is 0 Å². The van der Waals surface area contributed by atoms with Gasteiger partial charge in [-0.05, 0) is 0 Å². The molecular formula is H11CsO8SY. The Morgan fingerprint density at radius 2 is 0.818 bits per heavy atom. The van der Waals surface area contributed by atoms with Gasteiger partial charge >= 0.3 is 79.3 Å². The van der Waals surface area contributed by atoms with Crippen LogP contribution < -0.4 is 0 Å². The summed E-state index contributed by atoms with van der Waals surface area (Å²) < 4.78 is 31.6. The van der Waals surface area contributed by atoms with E-state index in [1.807, 2.05) is 0 Å². The molecule has 1 radical (unpaired) electrons. The fourth-order valence-electron chi connectivity index (χ4n) is 0. The van der Waals surface area contributed by atoms with Crippen LogP contribution >= 0.6 is 0 Å². The molecule has 0 saturated carbocycles. The maximum atomic E-state index is 8.74. The molecule has 10 N–H and O–H groups in total. The molecule has 0 aromatic rings. The van der Waals surface area contributed by atoms with Gasteiger partial charge < -0.3 is 21.9 Å². The first-order valence-corrected chi connectivity index (χ1v) is 2.10. The molecule has 11 heavy (non-hydrogen) atoms. The maximum absolute atomic E-state index is 8.74. The fraction of sp³-hybridized carbons (Fsp3) is 0. The third-order valence-electron chi connectivity index (χ3n) is 0. The zero-order valence-corrected chi connectivity index (χ0v) is 8.35. The van der Waals surface area contributed by atoms with Crippen molar-refractivity contribution in [2.45, 2.75) is 0 Å². The first kappa shape index (κ1) is 48.7. The first-order chi connectivity index (χ1) is 2.00. The van der Waals surface area contributed by atoms with Crippen molar-refractivity contribution in [2.75, 3.05) is 0 Å². The molecule has 0 atom stereocenters. The minimum atomic E-state index is -4.67. The molecule has 8 nitrogen and oxygen atoms in total. The van der Waals surface area contributed by atoms with Gasteiger partial charge in [0.15, 0.2) is 0 Å². The Bertz CT molecular complexity index is 97.3. The Morgan fingerprint density at radius 3 is 0.818 bits per heavy atom. The van der Waals surface area contributed by atoms with Crippen LogP contribution in [0.4, 0.5) is 0 Å². The van der Waals surface area contributed by atoms with Crippen molar-refractivity contribution in [1.82, 2.24) is 0 Å². The molecule has 0 aliphatic carbocycles. The summed E-state index contributed by atoms with van der Waals surface area (Å²) in [4.78, 5) is 0. The smallest absolute Gasteiger partial charge is 0 e. The molecule has 0 fully saturated rings. The molecular weight excluding hydrogens is 382 g/mol. The van der Waals surface area contributed by atoms with Crippen LogP contribution in [-0.2, 0) is 43.1 Å². The normalized spacial score (nSPS) is 5.27. The van der Waals surface area contributed by atoms with Crippen LogP contribution in [0.15, 0.2) is 0 Å². The van der Waals surface area contributed by atoms with Crippen molar-refractivity contribution in [3.63, 3.8) is 0 Å². The molecule has 0 heterocycles. The molecule has 69 valence electrons. The molecule has 0 aliphatic heterocycles. The van der Waals surface area contributed by atoms with Crippen LogP contribution in [-0.4, -0.2) is 108 Å². The van der Waals surface area contributed by atoms with E-state index in [4.69, 9.17) is 17.5 Å². The largest absolute Gasteiger partial charge is 0 e. The molecule has 11 heteroatoms. The van der Waals surface area contributed by atoms with Crippen LogP contribution in [0.2, 0.25) is 0 Å². The van der Waals surface area contributed by atoms with Crippen LogP contribution in [0.25, 0.3) is 0 Å². The zero-order valence-electron chi connectivity index (χ0n) is 4.70. The summed E-state index contributed by atoms with van der Waals surface area (Å²) in [6.45, 7) is 0. The molecule has 0 aromatic heterocycles. The van der Waals surface area contributed by atoms with E-state index in [9.17, 15) is 0 Å². The predicted octanol–water partition coefficient (Wildman–Crippen LogP) is -4.60. The topological polar surface area (TPSA) is 201 Å². The van der Waals surface area contributed by atoms with Crippen LogP contribution in [0, 0.1) is 0 Å². The average Bonchev–Trinajstić information content (AvgIpc) is 0.722. The SMILES string of the molecule is O.O.O.O.O=S(=O)(O)O.[CsH].[Y]. The van der Waals surface area contributed by atoms with Crippen molar-refractivity contribution < 1.29 is 72.1 Å². The molecule has 0 saturated heterocycles. The summed E-state index contributed by atoms with van der Waals surface area (Å²) in [6.07, 6.45) is 0. The van der Waals surface area contributed by atoms with E-state index in [1.54, 1.807) is 0 Å². The number of rotatable bonds is 0. The molecule has 0 bridgehead atoms. The van der Waals surface area contributed by atoms with Gasteiger partial charge in [0.25, 0.3) is 0 Å². The number of hydrogen-bond donors (Lipinski definition) is 2. The maximum Gasteiger partial charge on any atom is 0 e. The van der Waals surface area contributed by atoms with E-state index in [0.717, 1.165) is 0 Å². The predicted molar refractivity (Wildman–Crippen MR) is 35.8 cm³/mol. The fourth-order valence-corrected chi connectivity index (χ4v) is 0. The molecule has 0 rings (SSSR count). The van der Waals surface area contributed by atoms with E-state index in [-0.39, 0.29) is 124 Å². The Hall–Kier alpha value is 2.87. The zero-order chi connectivity index (χ0) is 4.50. The first-order valence-electron chi connectivity index (χ1n) is 0.698. The Morgan fingerprint density at radius 1 is 0.818 bits per heavy atom. The molecule has 0 unspecified atom stereocenters. The van der Waals surface area contributed by atoms with Gasteiger partial charge in [0.05, 0.1) is 0 Å². The second-order valence-corrected chi connectivity index (χ2v) is 1.34. The van der Waals surface area contributed by atoms with Gasteiger partial charge in [0, 0.05) is 32.7 Å². The van der Waals surface area contributed by atoms with Gasteiger partial charge in [0.2, 0.25) is 0 Å². The monoisotopic (exact) mass is 393 g/mol. The van der Waals surface area contributed by atoms with E-state index < -0.39 is 10.4 Å². The quantitative estimate of drug-likeness (QED) is 0.390. The second-order valence-electron chi connectivity index (χ2n) is 0.448. The molecule has 0 amide bonds. The van der Waals surface area contributed by atoms with Gasteiger partial charge in [0.1, 0.15) is 0 Å². The van der Waals surface area contributed by atoms with Crippen LogP contribution in [0.5, 0.6) is 0 Å².